The van der Waals surface area contributed by atoms with E-state index >= 15 is 0 Å². The summed E-state index contributed by atoms with van der Waals surface area (Å²) in [6.45, 7) is 10.1. The molecule has 220 valence electrons. The summed E-state index contributed by atoms with van der Waals surface area (Å²) in [7, 11) is 1.35. The molecule has 2 N–H and O–H groups in total. The minimum atomic E-state index is -2.56. The van der Waals surface area contributed by atoms with Gasteiger partial charge in [-0.15, -0.1) is 0 Å². The van der Waals surface area contributed by atoms with Crippen LogP contribution in [-0.4, -0.2) is 73.5 Å². The number of rotatable bonds is 8. The SMILES string of the molecule is CCc1cc(Nc2nc(Nc3ccccc3P(C)(C)=O)c(Cl)c3cncnc23)c(OC)cc1N1C[C@H]2CN(C)C[C@H]2C1. The topological polar surface area (TPSA) is 95.5 Å². The van der Waals surface area contributed by atoms with E-state index < -0.39 is 7.14 Å². The first-order valence-corrected chi connectivity index (χ1v) is 17.3. The van der Waals surface area contributed by atoms with Crippen molar-refractivity contribution in [3.63, 3.8) is 0 Å². The van der Waals surface area contributed by atoms with Crippen molar-refractivity contribution in [1.82, 2.24) is 19.9 Å². The van der Waals surface area contributed by atoms with Crippen molar-refractivity contribution in [3.05, 3.63) is 59.5 Å². The number of benzene rings is 2. The Balaban J connectivity index is 1.38. The second-order valence-electron chi connectivity index (χ2n) is 11.7. The largest absolute Gasteiger partial charge is 0.494 e. The van der Waals surface area contributed by atoms with Gasteiger partial charge >= 0.3 is 0 Å². The summed E-state index contributed by atoms with van der Waals surface area (Å²) in [6, 6.07) is 11.8. The molecule has 2 saturated heterocycles. The monoisotopic (exact) mass is 605 g/mol. The van der Waals surface area contributed by atoms with Crippen LogP contribution < -0.4 is 25.6 Å². The highest BCUT2D eigenvalue weighted by Crippen LogP contribution is 2.43. The smallest absolute Gasteiger partial charge is 0.159 e. The zero-order valence-corrected chi connectivity index (χ0v) is 26.3. The van der Waals surface area contributed by atoms with Gasteiger partial charge in [-0.2, -0.15) is 0 Å². The number of hydrogen-bond acceptors (Lipinski definition) is 9. The van der Waals surface area contributed by atoms with Gasteiger partial charge in [0.1, 0.15) is 24.7 Å². The number of para-hydroxylation sites is 1. The Hall–Kier alpha value is -3.39. The summed E-state index contributed by atoms with van der Waals surface area (Å²) in [5.74, 6) is 3.08. The molecular formula is C31H37ClN7O2P. The van der Waals surface area contributed by atoms with Crippen molar-refractivity contribution >= 4 is 63.6 Å². The van der Waals surface area contributed by atoms with Crippen molar-refractivity contribution < 1.29 is 9.30 Å². The molecule has 2 aliphatic heterocycles. The number of likely N-dealkylation sites (tertiary alicyclic amines) is 1. The first kappa shape index (κ1) is 28.7. The number of ether oxygens (including phenoxy) is 1. The number of methoxy groups -OCH3 is 1. The highest BCUT2D eigenvalue weighted by Gasteiger charge is 2.39. The van der Waals surface area contributed by atoms with Gasteiger partial charge in [-0.1, -0.05) is 30.7 Å². The van der Waals surface area contributed by atoms with Gasteiger partial charge in [0.2, 0.25) is 0 Å². The molecule has 0 radical (unpaired) electrons. The molecule has 2 fully saturated rings. The lowest BCUT2D eigenvalue weighted by Gasteiger charge is -2.26. The average Bonchev–Trinajstić information content (AvgIpc) is 3.52. The Labute approximate surface area is 252 Å². The van der Waals surface area contributed by atoms with Crippen LogP contribution in [0.5, 0.6) is 5.75 Å². The molecule has 42 heavy (non-hydrogen) atoms. The number of halogens is 1. The third-order valence-electron chi connectivity index (χ3n) is 8.39. The molecule has 11 heteroatoms. The number of fused-ring (bicyclic) bond motifs is 2. The van der Waals surface area contributed by atoms with Crippen LogP contribution in [0.4, 0.5) is 28.7 Å². The molecule has 0 aliphatic carbocycles. The van der Waals surface area contributed by atoms with Gasteiger partial charge in [-0.25, -0.2) is 15.0 Å². The quantitative estimate of drug-likeness (QED) is 0.235. The fourth-order valence-electron chi connectivity index (χ4n) is 6.38. The van der Waals surface area contributed by atoms with Crippen LogP contribution in [0.25, 0.3) is 10.9 Å². The van der Waals surface area contributed by atoms with E-state index in [0.717, 1.165) is 49.3 Å². The predicted molar refractivity (Wildman–Crippen MR) is 174 cm³/mol. The Morgan fingerprint density at radius 2 is 1.76 bits per heavy atom. The summed E-state index contributed by atoms with van der Waals surface area (Å²) in [4.78, 5) is 18.6. The van der Waals surface area contributed by atoms with Crippen molar-refractivity contribution in [1.29, 1.82) is 0 Å². The van der Waals surface area contributed by atoms with Crippen LogP contribution >= 0.6 is 18.7 Å². The van der Waals surface area contributed by atoms with Crippen LogP contribution in [0.1, 0.15) is 12.5 Å². The summed E-state index contributed by atoms with van der Waals surface area (Å²) >= 11 is 6.85. The maximum Gasteiger partial charge on any atom is 0.159 e. The summed E-state index contributed by atoms with van der Waals surface area (Å²) in [6.07, 6.45) is 4.05. The zero-order valence-electron chi connectivity index (χ0n) is 24.7. The summed E-state index contributed by atoms with van der Waals surface area (Å²) in [5, 5.41) is 8.59. The van der Waals surface area contributed by atoms with E-state index in [1.54, 1.807) is 26.6 Å². The lowest BCUT2D eigenvalue weighted by Crippen LogP contribution is -2.27. The lowest BCUT2D eigenvalue weighted by atomic mass is 10.0. The number of anilines is 5. The molecule has 0 unspecified atom stereocenters. The molecular weight excluding hydrogens is 569 g/mol. The molecule has 0 bridgehead atoms. The number of nitrogens with one attached hydrogen (secondary N) is 2. The van der Waals surface area contributed by atoms with Gasteiger partial charge < -0.3 is 29.7 Å². The molecule has 4 aromatic rings. The molecule has 0 saturated carbocycles. The maximum atomic E-state index is 13.0. The molecule has 0 amide bonds. The Bertz CT molecular complexity index is 1680. The molecule has 2 atom stereocenters. The first-order chi connectivity index (χ1) is 20.2. The van der Waals surface area contributed by atoms with Gasteiger partial charge in [0.25, 0.3) is 0 Å². The Morgan fingerprint density at radius 3 is 2.45 bits per heavy atom. The molecule has 2 aliphatic rings. The Kier molecular flexibility index (Phi) is 7.77. The highest BCUT2D eigenvalue weighted by molar-refractivity contribution is 7.70. The number of hydrogen-bond donors (Lipinski definition) is 2. The van der Waals surface area contributed by atoms with E-state index in [2.05, 4.69) is 56.5 Å². The number of aromatic nitrogens is 3. The van der Waals surface area contributed by atoms with Crippen LogP contribution in [0.3, 0.4) is 0 Å². The van der Waals surface area contributed by atoms with Gasteiger partial charge in [-0.05, 0) is 62.4 Å². The number of nitrogens with zero attached hydrogens (tertiary/aromatic N) is 5. The second kappa shape index (κ2) is 11.4. The third kappa shape index (κ3) is 5.41. The van der Waals surface area contributed by atoms with Crippen molar-refractivity contribution in [2.75, 3.05) is 69.2 Å². The third-order valence-corrected chi connectivity index (χ3v) is 10.3. The Morgan fingerprint density at radius 1 is 1.05 bits per heavy atom. The first-order valence-electron chi connectivity index (χ1n) is 14.3. The zero-order chi connectivity index (χ0) is 29.6. The van der Waals surface area contributed by atoms with Crippen LogP contribution in [0, 0.1) is 11.8 Å². The summed E-state index contributed by atoms with van der Waals surface area (Å²) in [5.41, 5.74) is 4.56. The van der Waals surface area contributed by atoms with Crippen molar-refractivity contribution in [2.45, 2.75) is 13.3 Å². The highest BCUT2D eigenvalue weighted by atomic mass is 35.5. The lowest BCUT2D eigenvalue weighted by molar-refractivity contribution is 0.387. The minimum absolute atomic E-state index is 0.384. The van der Waals surface area contributed by atoms with Gasteiger partial charge in [0.05, 0.1) is 23.5 Å². The normalized spacial score (nSPS) is 18.9. The number of pyridine rings is 1. The second-order valence-corrected chi connectivity index (χ2v) is 15.3. The molecule has 0 spiro atoms. The van der Waals surface area contributed by atoms with E-state index in [1.165, 1.54) is 17.6 Å². The van der Waals surface area contributed by atoms with E-state index in [-0.39, 0.29) is 0 Å². The standard InChI is InChI=1S/C31H37ClN7O2P/c1-6-19-11-24(26(41-3)12-25(19)39-16-20-14-38(2)15-21(20)17-39)36-31-29-22(13-33-18-34-29)28(32)30(37-31)35-23-9-7-8-10-27(23)42(4,5)40/h7-13,18,20-21H,6,14-17H2,1-5H3,(H2,35,36,37)/t20-,21+. The fourth-order valence-corrected chi connectivity index (χ4v) is 7.76. The maximum absolute atomic E-state index is 13.0. The van der Waals surface area contributed by atoms with Crippen molar-refractivity contribution in [3.8, 4) is 5.75 Å². The average molecular weight is 606 g/mol. The van der Waals surface area contributed by atoms with E-state index in [9.17, 15) is 4.57 Å². The minimum Gasteiger partial charge on any atom is -0.494 e. The molecule has 2 aromatic heterocycles. The van der Waals surface area contributed by atoms with E-state index in [4.69, 9.17) is 21.3 Å². The molecule has 4 heterocycles. The van der Waals surface area contributed by atoms with Crippen LogP contribution in [0.15, 0.2) is 48.9 Å². The van der Waals surface area contributed by atoms with Crippen molar-refractivity contribution in [2.24, 2.45) is 11.8 Å². The fraction of sp³-hybridized carbons (Fsp3) is 0.387. The predicted octanol–water partition coefficient (Wildman–Crippen LogP) is 5.98. The van der Waals surface area contributed by atoms with Gasteiger partial charge in [-0.3, -0.25) is 0 Å². The van der Waals surface area contributed by atoms with E-state index in [1.807, 2.05) is 24.3 Å². The molecule has 9 nitrogen and oxygen atoms in total. The van der Waals surface area contributed by atoms with Crippen LogP contribution in [-0.2, 0) is 11.0 Å². The summed E-state index contributed by atoms with van der Waals surface area (Å²) < 4.78 is 18.9. The number of aryl methyl sites for hydroxylation is 1. The van der Waals surface area contributed by atoms with Crippen LogP contribution in [0.2, 0.25) is 5.02 Å². The van der Waals surface area contributed by atoms with Gasteiger partial charge in [0.15, 0.2) is 11.6 Å². The van der Waals surface area contributed by atoms with Gasteiger partial charge in [0, 0.05) is 54.8 Å². The molecule has 2 aromatic carbocycles. The molecule has 6 rings (SSSR count). The van der Waals surface area contributed by atoms with E-state index in [0.29, 0.717) is 45.1 Å².